The second kappa shape index (κ2) is 5.91. The number of methoxy groups -OCH3 is 1. The van der Waals surface area contributed by atoms with Gasteiger partial charge >= 0.3 is 5.97 Å². The van der Waals surface area contributed by atoms with Crippen molar-refractivity contribution in [3.63, 3.8) is 0 Å². The van der Waals surface area contributed by atoms with Crippen molar-refractivity contribution < 1.29 is 24.2 Å². The molecule has 0 aliphatic carbocycles. The van der Waals surface area contributed by atoms with Crippen LogP contribution in [0, 0.1) is 0 Å². The zero-order valence-electron chi connectivity index (χ0n) is 11.1. The average Bonchev–Trinajstić information content (AvgIpc) is 2.47. The molecule has 1 heterocycles. The molecule has 0 fully saturated rings. The molecule has 0 unspecified atom stereocenters. The van der Waals surface area contributed by atoms with E-state index in [2.05, 4.69) is 4.98 Å². The van der Waals surface area contributed by atoms with Gasteiger partial charge in [0.05, 0.1) is 7.11 Å². The summed E-state index contributed by atoms with van der Waals surface area (Å²) in [7, 11) is 1.43. The molecule has 0 saturated carbocycles. The SMILES string of the molecule is COc1cc(Oc2ccncc2C(=O)O)cc(C(N)=O)c1. The number of aromatic nitrogens is 1. The van der Waals surface area contributed by atoms with Crippen LogP contribution in [0.25, 0.3) is 0 Å². The van der Waals surface area contributed by atoms with Gasteiger partial charge in [-0.15, -0.1) is 0 Å². The molecule has 0 spiro atoms. The minimum absolute atomic E-state index is 0.0963. The fraction of sp³-hybridized carbons (Fsp3) is 0.0714. The molecule has 0 bridgehead atoms. The summed E-state index contributed by atoms with van der Waals surface area (Å²) in [6.07, 6.45) is 2.57. The highest BCUT2D eigenvalue weighted by Gasteiger charge is 2.13. The fourth-order valence-corrected chi connectivity index (χ4v) is 1.65. The van der Waals surface area contributed by atoms with Crippen molar-refractivity contribution in [2.45, 2.75) is 0 Å². The Kier molecular flexibility index (Phi) is 4.03. The molecule has 0 atom stereocenters. The summed E-state index contributed by atoms with van der Waals surface area (Å²) in [5.74, 6) is -1.12. The Morgan fingerprint density at radius 1 is 1.24 bits per heavy atom. The number of carboxylic acids is 1. The van der Waals surface area contributed by atoms with Gasteiger partial charge < -0.3 is 20.3 Å². The van der Waals surface area contributed by atoms with Crippen LogP contribution in [0.15, 0.2) is 36.7 Å². The number of carbonyl (C=O) groups excluding carboxylic acids is 1. The number of hydrogen-bond acceptors (Lipinski definition) is 5. The second-order valence-electron chi connectivity index (χ2n) is 4.04. The predicted octanol–water partition coefficient (Wildman–Crippen LogP) is 1.68. The summed E-state index contributed by atoms with van der Waals surface area (Å²) >= 11 is 0. The van der Waals surface area contributed by atoms with Crippen molar-refractivity contribution in [1.82, 2.24) is 4.98 Å². The zero-order chi connectivity index (χ0) is 15.4. The first kappa shape index (κ1) is 14.3. The molecule has 0 aliphatic rings. The Bertz CT molecular complexity index is 700. The summed E-state index contributed by atoms with van der Waals surface area (Å²) in [6.45, 7) is 0. The van der Waals surface area contributed by atoms with Crippen molar-refractivity contribution in [1.29, 1.82) is 0 Å². The highest BCUT2D eigenvalue weighted by Crippen LogP contribution is 2.29. The number of aromatic carboxylic acids is 1. The number of hydrogen-bond donors (Lipinski definition) is 2. The minimum atomic E-state index is -1.17. The Hall–Kier alpha value is -3.09. The van der Waals surface area contributed by atoms with Gasteiger partial charge in [-0.1, -0.05) is 0 Å². The van der Waals surface area contributed by atoms with Crippen molar-refractivity contribution in [3.8, 4) is 17.2 Å². The van der Waals surface area contributed by atoms with Crippen molar-refractivity contribution in [2.75, 3.05) is 7.11 Å². The molecule has 0 radical (unpaired) electrons. The number of rotatable bonds is 5. The molecular formula is C14H12N2O5. The van der Waals surface area contributed by atoms with Crippen LogP contribution in [0.5, 0.6) is 17.2 Å². The van der Waals surface area contributed by atoms with Crippen LogP contribution in [-0.2, 0) is 0 Å². The third-order valence-electron chi connectivity index (χ3n) is 2.64. The van der Waals surface area contributed by atoms with E-state index in [1.54, 1.807) is 0 Å². The second-order valence-corrected chi connectivity index (χ2v) is 4.04. The number of pyridine rings is 1. The lowest BCUT2D eigenvalue weighted by atomic mass is 10.2. The van der Waals surface area contributed by atoms with Gasteiger partial charge in [0, 0.05) is 30.1 Å². The van der Waals surface area contributed by atoms with Gasteiger partial charge in [-0.2, -0.15) is 0 Å². The maximum atomic E-state index is 11.3. The van der Waals surface area contributed by atoms with Gasteiger partial charge in [0.15, 0.2) is 0 Å². The zero-order valence-corrected chi connectivity index (χ0v) is 11.1. The third kappa shape index (κ3) is 3.27. The number of ether oxygens (including phenoxy) is 2. The Morgan fingerprint density at radius 2 is 1.95 bits per heavy atom. The summed E-state index contributed by atoms with van der Waals surface area (Å²) in [5, 5.41) is 9.07. The van der Waals surface area contributed by atoms with E-state index in [4.69, 9.17) is 20.3 Å². The molecule has 7 heteroatoms. The van der Waals surface area contributed by atoms with Crippen molar-refractivity contribution in [2.24, 2.45) is 5.73 Å². The number of nitrogens with zero attached hydrogens (tertiary/aromatic N) is 1. The van der Waals surface area contributed by atoms with Crippen LogP contribution in [-0.4, -0.2) is 29.1 Å². The monoisotopic (exact) mass is 288 g/mol. The van der Waals surface area contributed by atoms with Crippen molar-refractivity contribution >= 4 is 11.9 Å². The molecule has 0 saturated heterocycles. The Balaban J connectivity index is 2.42. The molecule has 7 nitrogen and oxygen atoms in total. The van der Waals surface area contributed by atoms with E-state index in [1.165, 1.54) is 43.8 Å². The average molecular weight is 288 g/mol. The lowest BCUT2D eigenvalue weighted by Gasteiger charge is -2.10. The summed E-state index contributed by atoms with van der Waals surface area (Å²) < 4.78 is 10.5. The molecule has 108 valence electrons. The smallest absolute Gasteiger partial charge is 0.341 e. The topological polar surface area (TPSA) is 112 Å². The first-order valence-electron chi connectivity index (χ1n) is 5.85. The lowest BCUT2D eigenvalue weighted by Crippen LogP contribution is -2.11. The molecule has 0 aliphatic heterocycles. The van der Waals surface area contributed by atoms with Gasteiger partial charge in [0.1, 0.15) is 22.8 Å². The van der Waals surface area contributed by atoms with Crippen LogP contribution < -0.4 is 15.2 Å². The lowest BCUT2D eigenvalue weighted by molar-refractivity contribution is 0.0693. The normalized spacial score (nSPS) is 9.95. The fourth-order valence-electron chi connectivity index (χ4n) is 1.65. The maximum Gasteiger partial charge on any atom is 0.341 e. The van der Waals surface area contributed by atoms with Gasteiger partial charge in [-0.25, -0.2) is 4.79 Å². The van der Waals surface area contributed by atoms with Gasteiger partial charge in [-0.05, 0) is 12.1 Å². The first-order valence-corrected chi connectivity index (χ1v) is 5.85. The van der Waals surface area contributed by atoms with Crippen molar-refractivity contribution in [3.05, 3.63) is 47.8 Å². The number of carbonyl (C=O) groups is 2. The highest BCUT2D eigenvalue weighted by atomic mass is 16.5. The highest BCUT2D eigenvalue weighted by molar-refractivity contribution is 5.94. The standard InChI is InChI=1S/C14H12N2O5/c1-20-9-4-8(13(15)17)5-10(6-9)21-12-2-3-16-7-11(12)14(18)19/h2-7H,1H3,(H2,15,17)(H,18,19). The molecule has 3 N–H and O–H groups in total. The van der Waals surface area contributed by atoms with Crippen LogP contribution in [0.4, 0.5) is 0 Å². The van der Waals surface area contributed by atoms with Crippen LogP contribution in [0.2, 0.25) is 0 Å². The van der Waals surface area contributed by atoms with E-state index in [0.717, 1.165) is 0 Å². The van der Waals surface area contributed by atoms with Gasteiger partial charge in [0.2, 0.25) is 5.91 Å². The van der Waals surface area contributed by atoms with E-state index >= 15 is 0 Å². The van der Waals surface area contributed by atoms with E-state index in [0.29, 0.717) is 5.75 Å². The number of amides is 1. The maximum absolute atomic E-state index is 11.3. The van der Waals surface area contributed by atoms with E-state index < -0.39 is 11.9 Å². The summed E-state index contributed by atoms with van der Waals surface area (Å²) in [5.41, 5.74) is 5.32. The number of primary amides is 1. The molecule has 21 heavy (non-hydrogen) atoms. The minimum Gasteiger partial charge on any atom is -0.497 e. The number of benzene rings is 1. The first-order chi connectivity index (χ1) is 10.0. The molecule has 2 aromatic rings. The third-order valence-corrected chi connectivity index (χ3v) is 2.64. The largest absolute Gasteiger partial charge is 0.497 e. The van der Waals surface area contributed by atoms with E-state index in [9.17, 15) is 9.59 Å². The molecule has 1 aromatic heterocycles. The Morgan fingerprint density at radius 3 is 2.57 bits per heavy atom. The van der Waals surface area contributed by atoms with Gasteiger partial charge in [-0.3, -0.25) is 9.78 Å². The molecule has 1 amide bonds. The molecular weight excluding hydrogens is 276 g/mol. The summed E-state index contributed by atoms with van der Waals surface area (Å²) in [4.78, 5) is 26.1. The van der Waals surface area contributed by atoms with Crippen LogP contribution >= 0.6 is 0 Å². The Labute approximate surface area is 119 Å². The van der Waals surface area contributed by atoms with Crippen LogP contribution in [0.3, 0.4) is 0 Å². The quantitative estimate of drug-likeness (QED) is 0.865. The molecule has 1 aromatic carbocycles. The van der Waals surface area contributed by atoms with Gasteiger partial charge in [0.25, 0.3) is 0 Å². The van der Waals surface area contributed by atoms with E-state index in [-0.39, 0.29) is 22.6 Å². The number of nitrogens with two attached hydrogens (primary N) is 1. The predicted molar refractivity (Wildman–Crippen MR) is 72.8 cm³/mol. The summed E-state index contributed by atoms with van der Waals surface area (Å²) in [6, 6.07) is 5.78. The number of carboxylic acid groups (broad SMARTS) is 1. The van der Waals surface area contributed by atoms with Crippen LogP contribution in [0.1, 0.15) is 20.7 Å². The van der Waals surface area contributed by atoms with E-state index in [1.807, 2.05) is 0 Å². The molecule has 2 rings (SSSR count).